The Labute approximate surface area is 106 Å². The maximum absolute atomic E-state index is 12.2. The van der Waals surface area contributed by atoms with Gasteiger partial charge in [-0.3, -0.25) is 0 Å². The Morgan fingerprint density at radius 2 is 2.05 bits per heavy atom. The zero-order chi connectivity index (χ0) is 13.9. The summed E-state index contributed by atoms with van der Waals surface area (Å²) in [7, 11) is 0. The molecular formula is C10H13F3N4O2. The number of urea groups is 1. The van der Waals surface area contributed by atoms with E-state index in [-0.39, 0.29) is 24.9 Å². The first-order valence-corrected chi connectivity index (χ1v) is 5.89. The predicted octanol–water partition coefficient (Wildman–Crippen LogP) is 1.44. The Morgan fingerprint density at radius 3 is 2.63 bits per heavy atom. The van der Waals surface area contributed by atoms with E-state index in [2.05, 4.69) is 20.0 Å². The molecule has 1 saturated heterocycles. The number of hydrogen-bond acceptors (Lipinski definition) is 4. The summed E-state index contributed by atoms with van der Waals surface area (Å²) in [6.45, 7) is 1.59. The fourth-order valence-corrected chi connectivity index (χ4v) is 1.78. The molecular weight excluding hydrogens is 265 g/mol. The zero-order valence-electron chi connectivity index (χ0n) is 10.0. The second-order valence-corrected chi connectivity index (χ2v) is 4.19. The van der Waals surface area contributed by atoms with E-state index in [9.17, 15) is 18.0 Å². The maximum Gasteiger partial charge on any atom is 0.455 e. The van der Waals surface area contributed by atoms with E-state index < -0.39 is 12.0 Å². The number of aromatic nitrogens is 2. The van der Waals surface area contributed by atoms with Gasteiger partial charge in [-0.05, 0) is 12.8 Å². The maximum atomic E-state index is 12.2. The summed E-state index contributed by atoms with van der Waals surface area (Å²) in [5.41, 5.74) is 0. The predicted molar refractivity (Wildman–Crippen MR) is 57.2 cm³/mol. The van der Waals surface area contributed by atoms with Crippen molar-refractivity contribution in [2.75, 3.05) is 19.6 Å². The third-order valence-corrected chi connectivity index (χ3v) is 2.73. The molecule has 0 saturated carbocycles. The Hall–Kier alpha value is -1.80. The fourth-order valence-electron chi connectivity index (χ4n) is 1.78. The van der Waals surface area contributed by atoms with Gasteiger partial charge in [-0.15, -0.1) is 0 Å². The van der Waals surface area contributed by atoms with Gasteiger partial charge in [0.05, 0.1) is 0 Å². The van der Waals surface area contributed by atoms with Gasteiger partial charge >= 0.3 is 12.2 Å². The van der Waals surface area contributed by atoms with Crippen LogP contribution in [0, 0.1) is 0 Å². The smallest absolute Gasteiger partial charge is 0.339 e. The molecule has 0 unspecified atom stereocenters. The highest BCUT2D eigenvalue weighted by Crippen LogP contribution is 2.26. The van der Waals surface area contributed by atoms with E-state index >= 15 is 0 Å². The highest BCUT2D eigenvalue weighted by Gasteiger charge is 2.37. The molecule has 1 N–H and O–H groups in total. The summed E-state index contributed by atoms with van der Waals surface area (Å²) < 4.78 is 41.0. The van der Waals surface area contributed by atoms with Crippen molar-refractivity contribution in [3.05, 3.63) is 11.7 Å². The van der Waals surface area contributed by atoms with Crippen LogP contribution in [0.1, 0.15) is 24.6 Å². The van der Waals surface area contributed by atoms with Gasteiger partial charge in [0.15, 0.2) is 0 Å². The number of nitrogens with zero attached hydrogens (tertiary/aromatic N) is 3. The Morgan fingerprint density at radius 1 is 1.37 bits per heavy atom. The van der Waals surface area contributed by atoms with Crippen LogP contribution in [0.4, 0.5) is 18.0 Å². The molecule has 0 aliphatic carbocycles. The van der Waals surface area contributed by atoms with Gasteiger partial charge in [0.25, 0.3) is 5.82 Å². The number of carbonyl (C=O) groups excluding carboxylic acids is 1. The van der Waals surface area contributed by atoms with Crippen LogP contribution in [-0.4, -0.2) is 40.7 Å². The van der Waals surface area contributed by atoms with Crippen molar-refractivity contribution in [3.63, 3.8) is 0 Å². The van der Waals surface area contributed by atoms with E-state index in [0.29, 0.717) is 13.1 Å². The molecule has 0 bridgehead atoms. The molecule has 6 nitrogen and oxygen atoms in total. The number of rotatable bonds is 3. The summed E-state index contributed by atoms with van der Waals surface area (Å²) in [6, 6.07) is -0.215. The minimum absolute atomic E-state index is 0.0721. The highest BCUT2D eigenvalue weighted by atomic mass is 19.4. The minimum atomic E-state index is -4.61. The second-order valence-electron chi connectivity index (χ2n) is 4.19. The quantitative estimate of drug-likeness (QED) is 0.908. The van der Waals surface area contributed by atoms with Gasteiger partial charge in [-0.1, -0.05) is 5.16 Å². The molecule has 1 aliphatic rings. The molecule has 2 amide bonds. The number of alkyl halides is 3. The number of carbonyl (C=O) groups is 1. The van der Waals surface area contributed by atoms with Gasteiger partial charge < -0.3 is 14.7 Å². The van der Waals surface area contributed by atoms with Crippen LogP contribution in [0.5, 0.6) is 0 Å². The molecule has 9 heteroatoms. The van der Waals surface area contributed by atoms with Gasteiger partial charge in [-0.2, -0.15) is 18.2 Å². The lowest BCUT2D eigenvalue weighted by molar-refractivity contribution is -0.146. The Bertz CT molecular complexity index is 440. The summed E-state index contributed by atoms with van der Waals surface area (Å²) in [5.74, 6) is -1.44. The molecule has 0 atom stereocenters. The van der Waals surface area contributed by atoms with Crippen LogP contribution in [0.2, 0.25) is 0 Å². The molecule has 1 aliphatic heterocycles. The average molecular weight is 278 g/mol. The number of halogens is 3. The van der Waals surface area contributed by atoms with Crippen molar-refractivity contribution in [2.45, 2.75) is 25.4 Å². The van der Waals surface area contributed by atoms with E-state index in [1.807, 2.05) is 0 Å². The molecule has 2 heterocycles. The van der Waals surface area contributed by atoms with E-state index in [1.165, 1.54) is 0 Å². The van der Waals surface area contributed by atoms with E-state index in [0.717, 1.165) is 12.8 Å². The molecule has 0 aromatic carbocycles. The normalized spacial score (nSPS) is 15.8. The van der Waals surface area contributed by atoms with Gasteiger partial charge in [0.2, 0.25) is 5.89 Å². The lowest BCUT2D eigenvalue weighted by Crippen LogP contribution is -2.38. The van der Waals surface area contributed by atoms with E-state index in [1.54, 1.807) is 4.90 Å². The summed E-state index contributed by atoms with van der Waals surface area (Å²) in [6.07, 6.45) is -2.58. The van der Waals surface area contributed by atoms with Crippen LogP contribution >= 0.6 is 0 Å². The third-order valence-electron chi connectivity index (χ3n) is 2.73. The molecule has 0 spiro atoms. The van der Waals surface area contributed by atoms with Crippen LogP contribution in [-0.2, 0) is 12.6 Å². The Kier molecular flexibility index (Phi) is 3.91. The third kappa shape index (κ3) is 3.58. The molecule has 1 aromatic rings. The van der Waals surface area contributed by atoms with Crippen molar-refractivity contribution in [3.8, 4) is 0 Å². The number of hydrogen-bond donors (Lipinski definition) is 1. The Balaban J connectivity index is 1.76. The van der Waals surface area contributed by atoms with Crippen LogP contribution in [0.3, 0.4) is 0 Å². The van der Waals surface area contributed by atoms with Crippen molar-refractivity contribution in [1.29, 1.82) is 0 Å². The molecule has 19 heavy (non-hydrogen) atoms. The van der Waals surface area contributed by atoms with Crippen LogP contribution in [0.25, 0.3) is 0 Å². The van der Waals surface area contributed by atoms with Gasteiger partial charge in [-0.25, -0.2) is 4.79 Å². The van der Waals surface area contributed by atoms with Crippen molar-refractivity contribution < 1.29 is 22.5 Å². The molecule has 1 aromatic heterocycles. The molecule has 1 fully saturated rings. The second kappa shape index (κ2) is 5.45. The SMILES string of the molecule is O=C(NCCc1nc(C(F)(F)F)no1)N1CCCC1. The summed E-state index contributed by atoms with van der Waals surface area (Å²) in [5, 5.41) is 5.43. The molecule has 106 valence electrons. The first kappa shape index (κ1) is 13.6. The van der Waals surface area contributed by atoms with Crippen molar-refractivity contribution in [1.82, 2.24) is 20.4 Å². The number of amides is 2. The zero-order valence-corrected chi connectivity index (χ0v) is 10.0. The average Bonchev–Trinajstić information content (AvgIpc) is 2.99. The highest BCUT2D eigenvalue weighted by molar-refractivity contribution is 5.74. The van der Waals surface area contributed by atoms with Crippen molar-refractivity contribution >= 4 is 6.03 Å². The van der Waals surface area contributed by atoms with Crippen LogP contribution < -0.4 is 5.32 Å². The first-order valence-electron chi connectivity index (χ1n) is 5.89. The topological polar surface area (TPSA) is 71.3 Å². The lowest BCUT2D eigenvalue weighted by atomic mass is 10.4. The monoisotopic (exact) mass is 278 g/mol. The number of nitrogens with one attached hydrogen (secondary N) is 1. The largest absolute Gasteiger partial charge is 0.455 e. The summed E-state index contributed by atoms with van der Waals surface area (Å²) in [4.78, 5) is 16.4. The van der Waals surface area contributed by atoms with E-state index in [4.69, 9.17) is 0 Å². The number of likely N-dealkylation sites (tertiary alicyclic amines) is 1. The van der Waals surface area contributed by atoms with Crippen molar-refractivity contribution in [2.24, 2.45) is 0 Å². The van der Waals surface area contributed by atoms with Gasteiger partial charge in [0.1, 0.15) is 0 Å². The first-order chi connectivity index (χ1) is 8.97. The molecule has 0 radical (unpaired) electrons. The van der Waals surface area contributed by atoms with Gasteiger partial charge in [0, 0.05) is 26.1 Å². The molecule has 2 rings (SSSR count). The minimum Gasteiger partial charge on any atom is -0.339 e. The summed E-state index contributed by atoms with van der Waals surface area (Å²) >= 11 is 0. The fraction of sp³-hybridized carbons (Fsp3) is 0.700. The van der Waals surface area contributed by atoms with Crippen LogP contribution in [0.15, 0.2) is 4.52 Å². The standard InChI is InChI=1S/C10H13F3N4O2/c11-10(12,13)8-15-7(19-16-8)3-4-14-9(18)17-5-1-2-6-17/h1-6H2,(H,14,18). The lowest BCUT2D eigenvalue weighted by Gasteiger charge is -2.15.